The standard InChI is InChI=1S/C5H10O2.C3H6O2/c6-4-5-2-1-3-7-5;1-2-5-3-4-1/h5-6H,1-4H2;1-3H2. The molecule has 2 fully saturated rings. The summed E-state index contributed by atoms with van der Waals surface area (Å²) >= 11 is 0. The quantitative estimate of drug-likeness (QED) is 0.617. The van der Waals surface area contributed by atoms with E-state index >= 15 is 0 Å². The highest BCUT2D eigenvalue weighted by Gasteiger charge is 2.12. The normalized spacial score (nSPS) is 28.2. The first kappa shape index (κ1) is 9.92. The van der Waals surface area contributed by atoms with Gasteiger partial charge in [-0.1, -0.05) is 0 Å². The van der Waals surface area contributed by atoms with Gasteiger partial charge in [0, 0.05) is 6.61 Å². The minimum absolute atomic E-state index is 0.153. The van der Waals surface area contributed by atoms with Crippen LogP contribution in [0, 0.1) is 0 Å². The molecule has 1 unspecified atom stereocenters. The molecule has 4 nitrogen and oxygen atoms in total. The monoisotopic (exact) mass is 176 g/mol. The molecule has 0 bridgehead atoms. The Kier molecular flexibility index (Phi) is 5.27. The average molecular weight is 176 g/mol. The Morgan fingerprint density at radius 1 is 1.17 bits per heavy atom. The van der Waals surface area contributed by atoms with Crippen molar-refractivity contribution in [1.82, 2.24) is 0 Å². The second-order valence-electron chi connectivity index (χ2n) is 2.75. The summed E-state index contributed by atoms with van der Waals surface area (Å²) in [7, 11) is 0. The highest BCUT2D eigenvalue weighted by atomic mass is 16.7. The van der Waals surface area contributed by atoms with Crippen molar-refractivity contribution in [2.45, 2.75) is 18.9 Å². The molecule has 72 valence electrons. The van der Waals surface area contributed by atoms with Crippen LogP contribution in [0.4, 0.5) is 0 Å². The van der Waals surface area contributed by atoms with Gasteiger partial charge < -0.3 is 19.3 Å². The van der Waals surface area contributed by atoms with E-state index in [2.05, 4.69) is 0 Å². The lowest BCUT2D eigenvalue weighted by molar-refractivity contribution is 0.0591. The van der Waals surface area contributed by atoms with Gasteiger partial charge in [-0.05, 0) is 12.8 Å². The van der Waals surface area contributed by atoms with E-state index in [9.17, 15) is 0 Å². The Balaban J connectivity index is 0.000000127. The number of ether oxygens (including phenoxy) is 3. The number of aliphatic hydroxyl groups is 1. The molecule has 2 saturated heterocycles. The van der Waals surface area contributed by atoms with Gasteiger partial charge in [-0.15, -0.1) is 0 Å². The minimum Gasteiger partial charge on any atom is -0.394 e. The SMILES string of the molecule is C1COCO1.OCC1CCCO1. The van der Waals surface area contributed by atoms with Crippen molar-refractivity contribution in [1.29, 1.82) is 0 Å². The fourth-order valence-electron chi connectivity index (χ4n) is 1.08. The second-order valence-corrected chi connectivity index (χ2v) is 2.75. The third kappa shape index (κ3) is 4.01. The van der Waals surface area contributed by atoms with Gasteiger partial charge in [0.2, 0.25) is 0 Å². The Bertz CT molecular complexity index is 89.6. The van der Waals surface area contributed by atoms with E-state index in [0.29, 0.717) is 6.79 Å². The van der Waals surface area contributed by atoms with Crippen LogP contribution in [0.2, 0.25) is 0 Å². The van der Waals surface area contributed by atoms with Crippen molar-refractivity contribution in [3.63, 3.8) is 0 Å². The maximum absolute atomic E-state index is 8.44. The first-order chi connectivity index (χ1) is 5.93. The van der Waals surface area contributed by atoms with E-state index in [4.69, 9.17) is 19.3 Å². The smallest absolute Gasteiger partial charge is 0.146 e. The van der Waals surface area contributed by atoms with Crippen molar-refractivity contribution in [2.75, 3.05) is 33.2 Å². The van der Waals surface area contributed by atoms with Crippen molar-refractivity contribution >= 4 is 0 Å². The topological polar surface area (TPSA) is 47.9 Å². The predicted octanol–water partition coefficient (Wildman–Crippen LogP) is 0.148. The Labute approximate surface area is 72.4 Å². The van der Waals surface area contributed by atoms with Gasteiger partial charge in [0.1, 0.15) is 6.79 Å². The van der Waals surface area contributed by atoms with Crippen molar-refractivity contribution in [3.05, 3.63) is 0 Å². The van der Waals surface area contributed by atoms with Gasteiger partial charge >= 0.3 is 0 Å². The molecule has 0 amide bonds. The molecule has 2 rings (SSSR count). The number of aliphatic hydroxyl groups excluding tert-OH is 1. The van der Waals surface area contributed by atoms with E-state index in [1.54, 1.807) is 0 Å². The lowest BCUT2D eigenvalue weighted by atomic mass is 10.2. The van der Waals surface area contributed by atoms with E-state index in [-0.39, 0.29) is 12.7 Å². The van der Waals surface area contributed by atoms with Crippen LogP contribution in [0.3, 0.4) is 0 Å². The highest BCUT2D eigenvalue weighted by Crippen LogP contribution is 2.09. The van der Waals surface area contributed by atoms with Gasteiger partial charge in [0.15, 0.2) is 0 Å². The number of rotatable bonds is 1. The molecule has 2 heterocycles. The van der Waals surface area contributed by atoms with Crippen LogP contribution < -0.4 is 0 Å². The minimum atomic E-state index is 0.153. The molecule has 0 saturated carbocycles. The third-order valence-corrected chi connectivity index (χ3v) is 1.77. The molecule has 0 aromatic heterocycles. The van der Waals surface area contributed by atoms with Crippen LogP contribution in [0.1, 0.15) is 12.8 Å². The molecule has 0 aromatic rings. The van der Waals surface area contributed by atoms with E-state index in [0.717, 1.165) is 32.7 Å². The summed E-state index contributed by atoms with van der Waals surface area (Å²) in [6.07, 6.45) is 2.31. The summed E-state index contributed by atoms with van der Waals surface area (Å²) in [6.45, 7) is 3.09. The van der Waals surface area contributed by atoms with E-state index in [1.165, 1.54) is 0 Å². The summed E-state index contributed by atoms with van der Waals surface area (Å²) in [5.41, 5.74) is 0. The molecular weight excluding hydrogens is 160 g/mol. The maximum atomic E-state index is 8.44. The van der Waals surface area contributed by atoms with Gasteiger partial charge in [-0.25, -0.2) is 0 Å². The lowest BCUT2D eigenvalue weighted by Gasteiger charge is -2.00. The van der Waals surface area contributed by atoms with Crippen LogP contribution in [-0.4, -0.2) is 44.4 Å². The Hall–Kier alpha value is -0.160. The van der Waals surface area contributed by atoms with Crippen LogP contribution in [0.25, 0.3) is 0 Å². The zero-order valence-corrected chi connectivity index (χ0v) is 7.20. The molecule has 1 atom stereocenters. The predicted molar refractivity (Wildman–Crippen MR) is 42.8 cm³/mol. The number of hydrogen-bond acceptors (Lipinski definition) is 4. The zero-order chi connectivity index (χ0) is 8.65. The maximum Gasteiger partial charge on any atom is 0.146 e. The largest absolute Gasteiger partial charge is 0.394 e. The first-order valence-electron chi connectivity index (χ1n) is 4.31. The molecular formula is C8H16O4. The second kappa shape index (κ2) is 6.37. The highest BCUT2D eigenvalue weighted by molar-refractivity contribution is 4.61. The molecule has 0 aliphatic carbocycles. The summed E-state index contributed by atoms with van der Waals surface area (Å²) in [6, 6.07) is 0. The molecule has 12 heavy (non-hydrogen) atoms. The van der Waals surface area contributed by atoms with Gasteiger partial charge in [-0.2, -0.15) is 0 Å². The molecule has 1 N–H and O–H groups in total. The Morgan fingerprint density at radius 3 is 2.17 bits per heavy atom. The molecule has 0 aromatic carbocycles. The molecule has 0 spiro atoms. The lowest BCUT2D eigenvalue weighted by Crippen LogP contribution is -2.09. The van der Waals surface area contributed by atoms with Crippen LogP contribution in [0.15, 0.2) is 0 Å². The summed E-state index contributed by atoms with van der Waals surface area (Å²) in [5.74, 6) is 0. The van der Waals surface area contributed by atoms with Crippen molar-refractivity contribution < 1.29 is 19.3 Å². The van der Waals surface area contributed by atoms with Crippen molar-refractivity contribution in [3.8, 4) is 0 Å². The summed E-state index contributed by atoms with van der Waals surface area (Å²) < 4.78 is 14.5. The number of hydrogen-bond donors (Lipinski definition) is 1. The summed E-state index contributed by atoms with van der Waals surface area (Å²) in [5, 5.41) is 8.44. The molecule has 0 radical (unpaired) electrons. The van der Waals surface area contributed by atoms with Gasteiger partial charge in [0.25, 0.3) is 0 Å². The van der Waals surface area contributed by atoms with Gasteiger partial charge in [0.05, 0.1) is 25.9 Å². The van der Waals surface area contributed by atoms with E-state index in [1.807, 2.05) is 0 Å². The average Bonchev–Trinajstić information content (AvgIpc) is 2.81. The van der Waals surface area contributed by atoms with Crippen LogP contribution >= 0.6 is 0 Å². The zero-order valence-electron chi connectivity index (χ0n) is 7.20. The first-order valence-corrected chi connectivity index (χ1v) is 4.31. The fourth-order valence-corrected chi connectivity index (χ4v) is 1.08. The third-order valence-electron chi connectivity index (χ3n) is 1.77. The van der Waals surface area contributed by atoms with Gasteiger partial charge in [-0.3, -0.25) is 0 Å². The summed E-state index contributed by atoms with van der Waals surface area (Å²) in [4.78, 5) is 0. The Morgan fingerprint density at radius 2 is 1.92 bits per heavy atom. The molecule has 2 aliphatic rings. The molecule has 2 aliphatic heterocycles. The fraction of sp³-hybridized carbons (Fsp3) is 1.00. The van der Waals surface area contributed by atoms with Crippen LogP contribution in [0.5, 0.6) is 0 Å². The van der Waals surface area contributed by atoms with E-state index < -0.39 is 0 Å². The molecule has 4 heteroatoms. The van der Waals surface area contributed by atoms with Crippen molar-refractivity contribution in [2.24, 2.45) is 0 Å². The van der Waals surface area contributed by atoms with Crippen LogP contribution in [-0.2, 0) is 14.2 Å².